The summed E-state index contributed by atoms with van der Waals surface area (Å²) in [5, 5.41) is 2.77. The molecule has 5 nitrogen and oxygen atoms in total. The van der Waals surface area contributed by atoms with Crippen LogP contribution in [0.5, 0.6) is 0 Å². The minimum atomic E-state index is -4.23. The van der Waals surface area contributed by atoms with E-state index in [1.807, 2.05) is 0 Å². The van der Waals surface area contributed by atoms with Crippen molar-refractivity contribution in [1.82, 2.24) is 4.31 Å². The van der Waals surface area contributed by atoms with E-state index in [1.165, 1.54) is 54.6 Å². The van der Waals surface area contributed by atoms with E-state index in [0.29, 0.717) is 5.02 Å². The highest BCUT2D eigenvalue weighted by molar-refractivity contribution is 7.89. The standard InChI is InChI=1S/C21H16Cl2F2N2O3S/c22-14-7-9-17(10-8-14)31(29,30)27(12-18-19(23)5-2-6-20(18)25)13-21(28)26-16-4-1-3-15(24)11-16/h1-11H,12-13H2,(H,26,28). The first-order valence-corrected chi connectivity index (χ1v) is 11.1. The van der Waals surface area contributed by atoms with Gasteiger partial charge in [-0.25, -0.2) is 17.2 Å². The molecule has 0 saturated heterocycles. The fraction of sp³-hybridized carbons (Fsp3) is 0.0952. The lowest BCUT2D eigenvalue weighted by molar-refractivity contribution is -0.116. The number of hydrogen-bond acceptors (Lipinski definition) is 3. The van der Waals surface area contributed by atoms with E-state index in [2.05, 4.69) is 5.32 Å². The van der Waals surface area contributed by atoms with Gasteiger partial charge < -0.3 is 5.32 Å². The van der Waals surface area contributed by atoms with Gasteiger partial charge in [0.25, 0.3) is 0 Å². The van der Waals surface area contributed by atoms with Gasteiger partial charge in [0.2, 0.25) is 15.9 Å². The number of anilines is 1. The normalized spacial score (nSPS) is 11.5. The average Bonchev–Trinajstić information content (AvgIpc) is 2.70. The summed E-state index contributed by atoms with van der Waals surface area (Å²) in [7, 11) is -4.23. The van der Waals surface area contributed by atoms with Gasteiger partial charge in [-0.05, 0) is 54.6 Å². The zero-order valence-corrected chi connectivity index (χ0v) is 18.2. The number of nitrogens with one attached hydrogen (secondary N) is 1. The molecule has 0 aromatic heterocycles. The Morgan fingerprint density at radius 3 is 2.29 bits per heavy atom. The van der Waals surface area contributed by atoms with Gasteiger partial charge in [-0.15, -0.1) is 0 Å². The van der Waals surface area contributed by atoms with Gasteiger partial charge in [0.05, 0.1) is 11.4 Å². The van der Waals surface area contributed by atoms with E-state index in [1.54, 1.807) is 0 Å². The molecule has 31 heavy (non-hydrogen) atoms. The van der Waals surface area contributed by atoms with Crippen molar-refractivity contribution in [1.29, 1.82) is 0 Å². The highest BCUT2D eigenvalue weighted by Crippen LogP contribution is 2.25. The van der Waals surface area contributed by atoms with E-state index >= 15 is 0 Å². The van der Waals surface area contributed by atoms with Gasteiger partial charge in [-0.1, -0.05) is 35.3 Å². The number of rotatable bonds is 7. The lowest BCUT2D eigenvalue weighted by atomic mass is 10.2. The van der Waals surface area contributed by atoms with Crippen molar-refractivity contribution < 1.29 is 22.0 Å². The van der Waals surface area contributed by atoms with Crippen LogP contribution in [0.4, 0.5) is 14.5 Å². The third-order valence-electron chi connectivity index (χ3n) is 4.28. The van der Waals surface area contributed by atoms with Crippen LogP contribution in [-0.4, -0.2) is 25.2 Å². The maximum absolute atomic E-state index is 14.3. The maximum Gasteiger partial charge on any atom is 0.243 e. The molecule has 0 spiro atoms. The molecule has 0 aliphatic carbocycles. The number of sulfonamides is 1. The summed E-state index contributed by atoms with van der Waals surface area (Å²) in [5.41, 5.74) is 0.0676. The van der Waals surface area contributed by atoms with Crippen molar-refractivity contribution in [2.45, 2.75) is 11.4 Å². The SMILES string of the molecule is O=C(CN(Cc1c(F)cccc1Cl)S(=O)(=O)c1ccc(Cl)cc1)Nc1cccc(F)c1. The summed E-state index contributed by atoms with van der Waals surface area (Å²) in [6, 6.07) is 14.4. The smallest absolute Gasteiger partial charge is 0.243 e. The zero-order valence-electron chi connectivity index (χ0n) is 15.9. The third kappa shape index (κ3) is 5.80. The molecule has 10 heteroatoms. The van der Waals surface area contributed by atoms with Gasteiger partial charge >= 0.3 is 0 Å². The predicted molar refractivity (Wildman–Crippen MR) is 115 cm³/mol. The second-order valence-electron chi connectivity index (χ2n) is 6.49. The second-order valence-corrected chi connectivity index (χ2v) is 9.27. The molecule has 3 rings (SSSR count). The van der Waals surface area contributed by atoms with Gasteiger partial charge in [0, 0.05) is 27.8 Å². The van der Waals surface area contributed by atoms with E-state index in [-0.39, 0.29) is 21.2 Å². The van der Waals surface area contributed by atoms with Crippen LogP contribution in [0.1, 0.15) is 5.56 Å². The molecule has 0 saturated carbocycles. The Morgan fingerprint density at radius 1 is 0.968 bits per heavy atom. The second kappa shape index (κ2) is 9.74. The van der Waals surface area contributed by atoms with Crippen molar-refractivity contribution >= 4 is 44.8 Å². The van der Waals surface area contributed by atoms with Crippen molar-refractivity contribution in [3.05, 3.63) is 94.0 Å². The minimum absolute atomic E-state index is 0.0156. The fourth-order valence-electron chi connectivity index (χ4n) is 2.77. The summed E-state index contributed by atoms with van der Waals surface area (Å²) in [4.78, 5) is 12.4. The molecule has 162 valence electrons. The van der Waals surface area contributed by atoms with Gasteiger partial charge in [-0.2, -0.15) is 4.31 Å². The van der Waals surface area contributed by atoms with Crippen LogP contribution in [0.25, 0.3) is 0 Å². The van der Waals surface area contributed by atoms with Crippen LogP contribution in [0, 0.1) is 11.6 Å². The Hall–Kier alpha value is -2.52. The van der Waals surface area contributed by atoms with Crippen molar-refractivity contribution in [2.24, 2.45) is 0 Å². The maximum atomic E-state index is 14.3. The average molecular weight is 485 g/mol. The molecule has 0 atom stereocenters. The number of carbonyl (C=O) groups is 1. The topological polar surface area (TPSA) is 66.5 Å². The Kier molecular flexibility index (Phi) is 7.27. The zero-order chi connectivity index (χ0) is 22.6. The van der Waals surface area contributed by atoms with Crippen LogP contribution in [0.2, 0.25) is 10.0 Å². The number of hydrogen-bond donors (Lipinski definition) is 1. The number of benzene rings is 3. The van der Waals surface area contributed by atoms with E-state index in [4.69, 9.17) is 23.2 Å². The minimum Gasteiger partial charge on any atom is -0.325 e. The molecule has 0 fully saturated rings. The summed E-state index contributed by atoms with van der Waals surface area (Å²) in [5.74, 6) is -2.02. The Labute approximate surface area is 188 Å². The first-order valence-electron chi connectivity index (χ1n) is 8.91. The molecule has 0 radical (unpaired) electrons. The monoisotopic (exact) mass is 484 g/mol. The van der Waals surface area contributed by atoms with E-state index in [9.17, 15) is 22.0 Å². The molecule has 0 aliphatic rings. The molecule has 3 aromatic carbocycles. The highest BCUT2D eigenvalue weighted by Gasteiger charge is 2.28. The van der Waals surface area contributed by atoms with Crippen LogP contribution in [0.15, 0.2) is 71.6 Å². The first kappa shape index (κ1) is 23.1. The Balaban J connectivity index is 1.93. The highest BCUT2D eigenvalue weighted by atomic mass is 35.5. The van der Waals surface area contributed by atoms with E-state index < -0.39 is 40.7 Å². The van der Waals surface area contributed by atoms with Gasteiger partial charge in [0.1, 0.15) is 11.6 Å². The van der Waals surface area contributed by atoms with Gasteiger partial charge in [-0.3, -0.25) is 4.79 Å². The molecule has 0 bridgehead atoms. The lowest BCUT2D eigenvalue weighted by Crippen LogP contribution is -2.37. The molecule has 0 unspecified atom stereocenters. The van der Waals surface area contributed by atoms with Gasteiger partial charge in [0.15, 0.2) is 0 Å². The molecular formula is C21H16Cl2F2N2O3S. The number of nitrogens with zero attached hydrogens (tertiary/aromatic N) is 1. The third-order valence-corrected chi connectivity index (χ3v) is 6.69. The van der Waals surface area contributed by atoms with Crippen LogP contribution >= 0.6 is 23.2 Å². The molecule has 0 aliphatic heterocycles. The molecule has 1 N–H and O–H groups in total. The molecule has 0 heterocycles. The quantitative estimate of drug-likeness (QED) is 0.507. The largest absolute Gasteiger partial charge is 0.325 e. The fourth-order valence-corrected chi connectivity index (χ4v) is 4.48. The van der Waals surface area contributed by atoms with Crippen LogP contribution < -0.4 is 5.32 Å². The van der Waals surface area contributed by atoms with Crippen LogP contribution in [-0.2, 0) is 21.4 Å². The molecule has 1 amide bonds. The van der Waals surface area contributed by atoms with Crippen molar-refractivity contribution in [3.63, 3.8) is 0 Å². The van der Waals surface area contributed by atoms with Crippen LogP contribution in [0.3, 0.4) is 0 Å². The lowest BCUT2D eigenvalue weighted by Gasteiger charge is -2.23. The van der Waals surface area contributed by atoms with Crippen molar-refractivity contribution in [2.75, 3.05) is 11.9 Å². The first-order chi connectivity index (χ1) is 14.7. The summed E-state index contributed by atoms with van der Waals surface area (Å²) in [6.45, 7) is -1.15. The number of amides is 1. The summed E-state index contributed by atoms with van der Waals surface area (Å²) < 4.78 is 54.9. The Bertz CT molecular complexity index is 1190. The predicted octanol–water partition coefficient (Wildman–Crippen LogP) is 5.10. The molecule has 3 aromatic rings. The van der Waals surface area contributed by atoms with Crippen molar-refractivity contribution in [3.8, 4) is 0 Å². The Morgan fingerprint density at radius 2 is 1.65 bits per heavy atom. The van der Waals surface area contributed by atoms with E-state index in [0.717, 1.165) is 16.4 Å². The summed E-state index contributed by atoms with van der Waals surface area (Å²) >= 11 is 11.9. The summed E-state index contributed by atoms with van der Waals surface area (Å²) in [6.07, 6.45) is 0. The number of carbonyl (C=O) groups excluding carboxylic acids is 1. The molecular weight excluding hydrogens is 469 g/mol. The number of halogens is 4.